The van der Waals surface area contributed by atoms with E-state index in [1.54, 1.807) is 6.07 Å². The molecule has 116 valence electrons. The second kappa shape index (κ2) is 7.24. The van der Waals surface area contributed by atoms with Gasteiger partial charge in [-0.1, -0.05) is 0 Å². The first kappa shape index (κ1) is 15.5. The summed E-state index contributed by atoms with van der Waals surface area (Å²) in [7, 11) is 0. The van der Waals surface area contributed by atoms with E-state index in [1.165, 1.54) is 6.07 Å². The van der Waals surface area contributed by atoms with Crippen LogP contribution in [0.15, 0.2) is 18.2 Å². The van der Waals surface area contributed by atoms with E-state index in [4.69, 9.17) is 9.84 Å². The van der Waals surface area contributed by atoms with Gasteiger partial charge in [0.15, 0.2) is 0 Å². The Kier molecular flexibility index (Phi) is 5.35. The zero-order valence-electron chi connectivity index (χ0n) is 12.2. The first-order valence-electron chi connectivity index (χ1n) is 7.14. The molecule has 1 aromatic carbocycles. The summed E-state index contributed by atoms with van der Waals surface area (Å²) in [6.45, 7) is 6.41. The highest BCUT2D eigenvalue weighted by Gasteiger charge is 2.19. The van der Waals surface area contributed by atoms with Crippen molar-refractivity contribution in [2.24, 2.45) is 0 Å². The number of aliphatic hydroxyl groups is 1. The number of ether oxygens (including phenoxy) is 1. The Bertz CT molecular complexity index is 487. The van der Waals surface area contributed by atoms with Gasteiger partial charge in [-0.05, 0) is 6.92 Å². The van der Waals surface area contributed by atoms with E-state index in [9.17, 15) is 10.1 Å². The molecule has 0 aliphatic carbocycles. The minimum absolute atomic E-state index is 0.0498. The molecule has 1 N–H and O–H groups in total. The first-order valence-corrected chi connectivity index (χ1v) is 7.14. The monoisotopic (exact) mass is 295 g/mol. The van der Waals surface area contributed by atoms with Crippen molar-refractivity contribution in [1.29, 1.82) is 0 Å². The molecule has 21 heavy (non-hydrogen) atoms. The Morgan fingerprint density at radius 1 is 1.29 bits per heavy atom. The largest absolute Gasteiger partial charge is 0.494 e. The summed E-state index contributed by atoms with van der Waals surface area (Å²) in [5, 5.41) is 20.0. The zero-order valence-corrected chi connectivity index (χ0v) is 12.2. The molecule has 0 amide bonds. The number of non-ortho nitro benzene ring substituents is 1. The summed E-state index contributed by atoms with van der Waals surface area (Å²) in [6.07, 6.45) is 0. The summed E-state index contributed by atoms with van der Waals surface area (Å²) in [6, 6.07) is 4.89. The van der Waals surface area contributed by atoms with Gasteiger partial charge >= 0.3 is 0 Å². The molecular weight excluding hydrogens is 274 g/mol. The standard InChI is InChI=1S/C14H21N3O4/c1-2-21-14-10-12(9-13(11-14)17(19)20)16-5-3-15(4-6-16)7-8-18/h9-11,18H,2-8H2,1H3. The number of piperazine rings is 1. The van der Waals surface area contributed by atoms with Crippen molar-refractivity contribution in [3.63, 3.8) is 0 Å². The van der Waals surface area contributed by atoms with Gasteiger partial charge in [0, 0.05) is 50.5 Å². The lowest BCUT2D eigenvalue weighted by Crippen LogP contribution is -2.47. The van der Waals surface area contributed by atoms with Crippen LogP contribution in [0.25, 0.3) is 0 Å². The number of benzene rings is 1. The number of nitro benzene ring substituents is 1. The van der Waals surface area contributed by atoms with Crippen LogP contribution < -0.4 is 9.64 Å². The summed E-state index contributed by atoms with van der Waals surface area (Å²) in [5.41, 5.74) is 0.866. The van der Waals surface area contributed by atoms with Gasteiger partial charge in [-0.2, -0.15) is 0 Å². The molecular formula is C14H21N3O4. The molecule has 0 bridgehead atoms. The molecule has 2 rings (SSSR count). The smallest absolute Gasteiger partial charge is 0.275 e. The van der Waals surface area contributed by atoms with Crippen LogP contribution in [0.3, 0.4) is 0 Å². The molecule has 1 saturated heterocycles. The van der Waals surface area contributed by atoms with E-state index in [0.717, 1.165) is 31.9 Å². The fourth-order valence-corrected chi connectivity index (χ4v) is 2.48. The highest BCUT2D eigenvalue weighted by Crippen LogP contribution is 2.29. The molecule has 1 aliphatic heterocycles. The SMILES string of the molecule is CCOc1cc(N2CCN(CCO)CC2)cc([N+](=O)[O-])c1. The molecule has 1 aromatic rings. The molecule has 0 spiro atoms. The van der Waals surface area contributed by atoms with Gasteiger partial charge in [-0.15, -0.1) is 0 Å². The summed E-state index contributed by atoms with van der Waals surface area (Å²) in [5.74, 6) is 0.527. The van der Waals surface area contributed by atoms with Crippen LogP contribution in [-0.2, 0) is 0 Å². The maximum Gasteiger partial charge on any atom is 0.275 e. The van der Waals surface area contributed by atoms with Gasteiger partial charge in [0.05, 0.1) is 24.2 Å². The highest BCUT2D eigenvalue weighted by atomic mass is 16.6. The lowest BCUT2D eigenvalue weighted by atomic mass is 10.2. The van der Waals surface area contributed by atoms with Crippen molar-refractivity contribution >= 4 is 11.4 Å². The quantitative estimate of drug-likeness (QED) is 0.625. The number of rotatable bonds is 6. The number of nitro groups is 1. The molecule has 0 atom stereocenters. The fraction of sp³-hybridized carbons (Fsp3) is 0.571. The Morgan fingerprint density at radius 2 is 2.00 bits per heavy atom. The first-order chi connectivity index (χ1) is 10.1. The van der Waals surface area contributed by atoms with Crippen LogP contribution in [0, 0.1) is 10.1 Å². The van der Waals surface area contributed by atoms with Gasteiger partial charge in [-0.3, -0.25) is 15.0 Å². The minimum atomic E-state index is -0.395. The Labute approximate surface area is 123 Å². The van der Waals surface area contributed by atoms with Crippen LogP contribution >= 0.6 is 0 Å². The number of β-amino-alcohol motifs (C(OH)–C–C–N with tert-alkyl or cyclic N) is 1. The molecule has 0 unspecified atom stereocenters. The maximum absolute atomic E-state index is 11.0. The summed E-state index contributed by atoms with van der Waals surface area (Å²) in [4.78, 5) is 14.9. The van der Waals surface area contributed by atoms with Crippen molar-refractivity contribution in [3.05, 3.63) is 28.3 Å². The molecule has 7 heteroatoms. The lowest BCUT2D eigenvalue weighted by molar-refractivity contribution is -0.384. The van der Waals surface area contributed by atoms with Crippen LogP contribution in [0.1, 0.15) is 6.92 Å². The van der Waals surface area contributed by atoms with Crippen molar-refractivity contribution in [2.75, 3.05) is 50.8 Å². The van der Waals surface area contributed by atoms with Crippen molar-refractivity contribution in [3.8, 4) is 5.75 Å². The molecule has 7 nitrogen and oxygen atoms in total. The Balaban J connectivity index is 2.13. The van der Waals surface area contributed by atoms with Gasteiger partial charge < -0.3 is 14.7 Å². The fourth-order valence-electron chi connectivity index (χ4n) is 2.48. The second-order valence-electron chi connectivity index (χ2n) is 4.93. The van der Waals surface area contributed by atoms with Crippen LogP contribution in [0.5, 0.6) is 5.75 Å². The predicted molar refractivity (Wildman–Crippen MR) is 80.0 cm³/mol. The van der Waals surface area contributed by atoms with E-state index < -0.39 is 4.92 Å². The summed E-state index contributed by atoms with van der Waals surface area (Å²) < 4.78 is 5.41. The normalized spacial score (nSPS) is 16.0. The van der Waals surface area contributed by atoms with Crippen molar-refractivity contribution < 1.29 is 14.8 Å². The van der Waals surface area contributed by atoms with Crippen LogP contribution in [-0.4, -0.2) is 60.9 Å². The van der Waals surface area contributed by atoms with Gasteiger partial charge in [0.2, 0.25) is 0 Å². The molecule has 1 fully saturated rings. The van der Waals surface area contributed by atoms with E-state index in [1.807, 2.05) is 13.0 Å². The lowest BCUT2D eigenvalue weighted by Gasteiger charge is -2.35. The molecule has 1 aliphatic rings. The third-order valence-electron chi connectivity index (χ3n) is 3.55. The maximum atomic E-state index is 11.0. The van der Waals surface area contributed by atoms with Crippen LogP contribution in [0.4, 0.5) is 11.4 Å². The van der Waals surface area contributed by atoms with Crippen molar-refractivity contribution in [1.82, 2.24) is 4.90 Å². The topological polar surface area (TPSA) is 79.1 Å². The van der Waals surface area contributed by atoms with E-state index in [-0.39, 0.29) is 12.3 Å². The minimum Gasteiger partial charge on any atom is -0.494 e. The number of anilines is 1. The number of hydrogen-bond donors (Lipinski definition) is 1. The second-order valence-corrected chi connectivity index (χ2v) is 4.93. The third kappa shape index (κ3) is 4.05. The number of nitrogens with zero attached hydrogens (tertiary/aromatic N) is 3. The molecule has 0 aromatic heterocycles. The molecule has 0 saturated carbocycles. The Morgan fingerprint density at radius 3 is 2.57 bits per heavy atom. The van der Waals surface area contributed by atoms with E-state index >= 15 is 0 Å². The number of aliphatic hydroxyl groups excluding tert-OH is 1. The average Bonchev–Trinajstić information content (AvgIpc) is 2.48. The molecule has 0 radical (unpaired) electrons. The third-order valence-corrected chi connectivity index (χ3v) is 3.55. The average molecular weight is 295 g/mol. The van der Waals surface area contributed by atoms with Crippen molar-refractivity contribution in [2.45, 2.75) is 6.92 Å². The molecule has 1 heterocycles. The van der Waals surface area contributed by atoms with Gasteiger partial charge in [-0.25, -0.2) is 0 Å². The van der Waals surface area contributed by atoms with Gasteiger partial charge in [0.25, 0.3) is 5.69 Å². The van der Waals surface area contributed by atoms with Crippen LogP contribution in [0.2, 0.25) is 0 Å². The Hall–Kier alpha value is -1.86. The van der Waals surface area contributed by atoms with Gasteiger partial charge in [0.1, 0.15) is 5.75 Å². The summed E-state index contributed by atoms with van der Waals surface area (Å²) >= 11 is 0. The predicted octanol–water partition coefficient (Wildman–Crippen LogP) is 1.11. The zero-order chi connectivity index (χ0) is 15.2. The number of hydrogen-bond acceptors (Lipinski definition) is 6. The van der Waals surface area contributed by atoms with E-state index in [0.29, 0.717) is 18.9 Å². The highest BCUT2D eigenvalue weighted by molar-refractivity contribution is 5.58. The van der Waals surface area contributed by atoms with E-state index in [2.05, 4.69) is 9.80 Å².